The number of nitrogens with two attached hydrogens (primary N) is 1. The molecule has 1 atom stereocenters. The van der Waals surface area contributed by atoms with Gasteiger partial charge in [-0.05, 0) is 43.9 Å². The zero-order chi connectivity index (χ0) is 15.8. The third-order valence-corrected chi connectivity index (χ3v) is 4.55. The summed E-state index contributed by atoms with van der Waals surface area (Å²) in [6, 6.07) is 6.05. The molecule has 1 unspecified atom stereocenters. The Morgan fingerprint density at radius 1 is 1.29 bits per heavy atom. The lowest BCUT2D eigenvalue weighted by molar-refractivity contribution is -0.119. The molecule has 3 nitrogen and oxygen atoms in total. The number of benzene rings is 1. The van der Waals surface area contributed by atoms with Crippen LogP contribution >= 0.6 is 11.8 Å². The average Bonchev–Trinajstić information content (AvgIpc) is 2.39. The molecule has 0 fully saturated rings. The summed E-state index contributed by atoms with van der Waals surface area (Å²) in [7, 11) is 0. The maximum absolute atomic E-state index is 12.0. The predicted octanol–water partition coefficient (Wildman–Crippen LogP) is 4.00. The second kappa shape index (κ2) is 8.98. The Morgan fingerprint density at radius 3 is 2.67 bits per heavy atom. The van der Waals surface area contributed by atoms with E-state index >= 15 is 0 Å². The minimum Gasteiger partial charge on any atom is -0.399 e. The molecule has 0 saturated heterocycles. The lowest BCUT2D eigenvalue weighted by Gasteiger charge is -2.14. The summed E-state index contributed by atoms with van der Waals surface area (Å²) >= 11 is 1.55. The van der Waals surface area contributed by atoms with Gasteiger partial charge in [-0.2, -0.15) is 0 Å². The van der Waals surface area contributed by atoms with E-state index in [4.69, 9.17) is 5.73 Å². The van der Waals surface area contributed by atoms with E-state index in [1.165, 1.54) is 12.8 Å². The first-order chi connectivity index (χ1) is 9.88. The molecule has 118 valence electrons. The Bertz CT molecular complexity index is 460. The molecule has 0 heterocycles. The molecule has 1 aromatic carbocycles. The van der Waals surface area contributed by atoms with Crippen LogP contribution in [0.1, 0.15) is 45.6 Å². The highest BCUT2D eigenvalue weighted by molar-refractivity contribution is 8.00. The number of carbonyl (C=O) groups is 1. The number of rotatable bonds is 8. The minimum atomic E-state index is 0.0962. The highest BCUT2D eigenvalue weighted by Gasteiger charge is 2.09. The maximum atomic E-state index is 12.0. The molecule has 21 heavy (non-hydrogen) atoms. The van der Waals surface area contributed by atoms with Gasteiger partial charge in [-0.3, -0.25) is 4.79 Å². The Labute approximate surface area is 133 Å². The number of aryl methyl sites for hydroxylation is 1. The van der Waals surface area contributed by atoms with Gasteiger partial charge in [-0.25, -0.2) is 0 Å². The quantitative estimate of drug-likeness (QED) is 0.564. The monoisotopic (exact) mass is 308 g/mol. The van der Waals surface area contributed by atoms with E-state index in [1.54, 1.807) is 11.8 Å². The van der Waals surface area contributed by atoms with Crippen LogP contribution in [-0.4, -0.2) is 17.7 Å². The van der Waals surface area contributed by atoms with Crippen molar-refractivity contribution in [3.63, 3.8) is 0 Å². The number of hydrogen-bond acceptors (Lipinski definition) is 3. The van der Waals surface area contributed by atoms with Crippen LogP contribution in [0.25, 0.3) is 0 Å². The van der Waals surface area contributed by atoms with Crippen molar-refractivity contribution in [3.8, 4) is 0 Å². The van der Waals surface area contributed by atoms with Gasteiger partial charge in [0.15, 0.2) is 0 Å². The summed E-state index contributed by atoms with van der Waals surface area (Å²) in [6.07, 6.45) is 3.43. The molecule has 0 saturated carbocycles. The molecule has 0 aliphatic heterocycles. The minimum absolute atomic E-state index is 0.0962. The molecule has 0 aliphatic carbocycles. The first kappa shape index (κ1) is 17.9. The molecule has 1 amide bonds. The Kier molecular flexibility index (Phi) is 7.65. The first-order valence-electron chi connectivity index (χ1n) is 7.66. The molecule has 0 radical (unpaired) electrons. The van der Waals surface area contributed by atoms with E-state index in [2.05, 4.69) is 26.1 Å². The van der Waals surface area contributed by atoms with Crippen molar-refractivity contribution < 1.29 is 4.79 Å². The number of nitrogen functional groups attached to an aromatic ring is 1. The fourth-order valence-electron chi connectivity index (χ4n) is 2.14. The lowest BCUT2D eigenvalue weighted by atomic mass is 10.0. The van der Waals surface area contributed by atoms with Crippen molar-refractivity contribution in [2.24, 2.45) is 5.92 Å². The molecule has 0 spiro atoms. The van der Waals surface area contributed by atoms with Crippen molar-refractivity contribution in [3.05, 3.63) is 23.8 Å². The lowest BCUT2D eigenvalue weighted by Crippen LogP contribution is -2.33. The van der Waals surface area contributed by atoms with Gasteiger partial charge in [0, 0.05) is 16.6 Å². The Morgan fingerprint density at radius 2 is 2.00 bits per heavy atom. The van der Waals surface area contributed by atoms with Gasteiger partial charge in [-0.1, -0.05) is 32.8 Å². The number of thioether (sulfide) groups is 1. The number of amides is 1. The fraction of sp³-hybridized carbons (Fsp3) is 0.588. The van der Waals surface area contributed by atoms with Gasteiger partial charge < -0.3 is 11.1 Å². The Hall–Kier alpha value is -1.16. The van der Waals surface area contributed by atoms with Crippen molar-refractivity contribution in [2.75, 3.05) is 11.5 Å². The summed E-state index contributed by atoms with van der Waals surface area (Å²) < 4.78 is 0. The first-order valence-corrected chi connectivity index (χ1v) is 8.65. The summed E-state index contributed by atoms with van der Waals surface area (Å²) in [6.45, 7) is 8.57. The highest BCUT2D eigenvalue weighted by atomic mass is 32.2. The largest absolute Gasteiger partial charge is 0.399 e. The molecular weight excluding hydrogens is 280 g/mol. The summed E-state index contributed by atoms with van der Waals surface area (Å²) in [5, 5.41) is 3.07. The normalized spacial score (nSPS) is 12.4. The van der Waals surface area contributed by atoms with Crippen LogP contribution in [-0.2, 0) is 4.79 Å². The zero-order valence-electron chi connectivity index (χ0n) is 13.6. The smallest absolute Gasteiger partial charge is 0.230 e. The number of anilines is 1. The second-order valence-electron chi connectivity index (χ2n) is 6.11. The SMILES string of the molecule is Cc1ccc(N)cc1SCC(=O)NC(C)CCCC(C)C. The van der Waals surface area contributed by atoms with Crippen LogP contribution in [0.5, 0.6) is 0 Å². The summed E-state index contributed by atoms with van der Waals surface area (Å²) in [5.74, 6) is 1.27. The zero-order valence-corrected chi connectivity index (χ0v) is 14.4. The van der Waals surface area contributed by atoms with E-state index in [-0.39, 0.29) is 11.9 Å². The Balaban J connectivity index is 2.32. The fourth-order valence-corrected chi connectivity index (χ4v) is 3.02. The molecule has 0 aromatic heterocycles. The van der Waals surface area contributed by atoms with E-state index in [0.29, 0.717) is 5.75 Å². The van der Waals surface area contributed by atoms with Crippen LogP contribution in [0.2, 0.25) is 0 Å². The number of carbonyl (C=O) groups excluding carboxylic acids is 1. The van der Waals surface area contributed by atoms with E-state index < -0.39 is 0 Å². The molecule has 3 N–H and O–H groups in total. The average molecular weight is 308 g/mol. The molecule has 4 heteroatoms. The standard InChI is InChI=1S/C17H28N2OS/c1-12(2)6-5-7-14(4)19-17(20)11-21-16-10-15(18)9-8-13(16)3/h8-10,12,14H,5-7,11,18H2,1-4H3,(H,19,20). The molecular formula is C17H28N2OS. The third-order valence-electron chi connectivity index (χ3n) is 3.40. The van der Waals surface area contributed by atoms with Gasteiger partial charge in [0.2, 0.25) is 5.91 Å². The highest BCUT2D eigenvalue weighted by Crippen LogP contribution is 2.24. The van der Waals surface area contributed by atoms with Crippen LogP contribution < -0.4 is 11.1 Å². The third kappa shape index (κ3) is 7.42. The van der Waals surface area contributed by atoms with E-state index in [9.17, 15) is 4.79 Å². The molecule has 0 bridgehead atoms. The summed E-state index contributed by atoms with van der Waals surface area (Å²) in [5.41, 5.74) is 7.68. The van der Waals surface area contributed by atoms with E-state index in [1.807, 2.05) is 25.1 Å². The van der Waals surface area contributed by atoms with Crippen LogP contribution in [0.3, 0.4) is 0 Å². The van der Waals surface area contributed by atoms with Gasteiger partial charge in [0.25, 0.3) is 0 Å². The van der Waals surface area contributed by atoms with Gasteiger partial charge in [-0.15, -0.1) is 11.8 Å². The van der Waals surface area contributed by atoms with Gasteiger partial charge in [0.05, 0.1) is 5.75 Å². The van der Waals surface area contributed by atoms with Crippen LogP contribution in [0, 0.1) is 12.8 Å². The van der Waals surface area contributed by atoms with Gasteiger partial charge >= 0.3 is 0 Å². The molecule has 1 rings (SSSR count). The topological polar surface area (TPSA) is 55.1 Å². The van der Waals surface area contributed by atoms with Crippen molar-refractivity contribution in [1.82, 2.24) is 5.32 Å². The predicted molar refractivity (Wildman–Crippen MR) is 92.6 cm³/mol. The van der Waals surface area contributed by atoms with Crippen LogP contribution in [0.4, 0.5) is 5.69 Å². The number of hydrogen-bond donors (Lipinski definition) is 2. The molecule has 0 aliphatic rings. The van der Waals surface area contributed by atoms with Crippen molar-refractivity contribution >= 4 is 23.4 Å². The van der Waals surface area contributed by atoms with Crippen molar-refractivity contribution in [2.45, 2.75) is 57.9 Å². The van der Waals surface area contributed by atoms with E-state index in [0.717, 1.165) is 28.5 Å². The second-order valence-corrected chi connectivity index (χ2v) is 7.12. The number of nitrogens with one attached hydrogen (secondary N) is 1. The summed E-state index contributed by atoms with van der Waals surface area (Å²) in [4.78, 5) is 13.0. The maximum Gasteiger partial charge on any atom is 0.230 e. The van der Waals surface area contributed by atoms with Crippen molar-refractivity contribution in [1.29, 1.82) is 0 Å². The molecule has 1 aromatic rings. The van der Waals surface area contributed by atoms with Crippen LogP contribution in [0.15, 0.2) is 23.1 Å². The van der Waals surface area contributed by atoms with Gasteiger partial charge in [0.1, 0.15) is 0 Å².